The van der Waals surface area contributed by atoms with Gasteiger partial charge in [-0.3, -0.25) is 9.59 Å². The van der Waals surface area contributed by atoms with E-state index in [2.05, 4.69) is 0 Å². The Labute approximate surface area is 86.7 Å². The smallest absolute Gasteiger partial charge is 0.324 e. The Morgan fingerprint density at radius 3 is 2.21 bits per heavy atom. The lowest BCUT2D eigenvalue weighted by atomic mass is 9.97. The van der Waals surface area contributed by atoms with Gasteiger partial charge in [0.15, 0.2) is 0 Å². The predicted octanol–water partition coefficient (Wildman–Crippen LogP) is -0.0691. The van der Waals surface area contributed by atoms with Gasteiger partial charge in [-0.2, -0.15) is 0 Å². The highest BCUT2D eigenvalue weighted by molar-refractivity contribution is 5.87. The number of rotatable bonds is 2. The van der Waals surface area contributed by atoms with Crippen molar-refractivity contribution >= 4 is 24.3 Å². The molecule has 2 saturated carbocycles. The molecule has 0 aromatic carbocycles. The molecule has 0 unspecified atom stereocenters. The van der Waals surface area contributed by atoms with Gasteiger partial charge in [-0.1, -0.05) is 0 Å². The third-order valence-electron chi connectivity index (χ3n) is 3.40. The third-order valence-corrected chi connectivity index (χ3v) is 3.40. The topological polar surface area (TPSA) is 101 Å². The van der Waals surface area contributed by atoms with Crippen molar-refractivity contribution in [3.05, 3.63) is 0 Å². The van der Waals surface area contributed by atoms with Crippen LogP contribution in [0.15, 0.2) is 0 Å². The zero-order valence-electron chi connectivity index (χ0n) is 7.34. The van der Waals surface area contributed by atoms with Crippen LogP contribution in [0.1, 0.15) is 12.8 Å². The van der Waals surface area contributed by atoms with Crippen molar-refractivity contribution < 1.29 is 19.8 Å². The molecule has 14 heavy (non-hydrogen) atoms. The molecule has 0 saturated heterocycles. The number of carbonyl (C=O) groups is 2. The maximum atomic E-state index is 10.7. The first kappa shape index (κ1) is 11.3. The monoisotopic (exact) mass is 221 g/mol. The molecule has 0 bridgehead atoms. The minimum atomic E-state index is -1.25. The van der Waals surface area contributed by atoms with Gasteiger partial charge >= 0.3 is 11.9 Å². The number of hydrogen-bond acceptors (Lipinski definition) is 3. The minimum absolute atomic E-state index is 0. The summed E-state index contributed by atoms with van der Waals surface area (Å²) in [5.74, 6) is -2.99. The van der Waals surface area contributed by atoms with Crippen LogP contribution in [0, 0.1) is 17.8 Å². The number of carboxylic acids is 2. The summed E-state index contributed by atoms with van der Waals surface area (Å²) in [6.07, 6.45) is 1.20. The molecule has 2 aliphatic rings. The Hall–Kier alpha value is -0.810. The second kappa shape index (κ2) is 3.10. The Morgan fingerprint density at radius 2 is 1.86 bits per heavy atom. The van der Waals surface area contributed by atoms with Crippen LogP contribution in [0.2, 0.25) is 0 Å². The van der Waals surface area contributed by atoms with Crippen molar-refractivity contribution in [2.45, 2.75) is 18.4 Å². The lowest BCUT2D eigenvalue weighted by Gasteiger charge is -2.13. The average Bonchev–Trinajstić information content (AvgIpc) is 2.44. The van der Waals surface area contributed by atoms with Gasteiger partial charge in [0.2, 0.25) is 0 Å². The molecule has 80 valence electrons. The molecule has 0 radical (unpaired) electrons. The van der Waals surface area contributed by atoms with Crippen LogP contribution in [-0.4, -0.2) is 27.7 Å². The van der Waals surface area contributed by atoms with Crippen molar-refractivity contribution in [1.29, 1.82) is 0 Å². The van der Waals surface area contributed by atoms with E-state index in [0.29, 0.717) is 12.8 Å². The molecule has 0 aromatic rings. The van der Waals surface area contributed by atoms with Crippen molar-refractivity contribution in [3.63, 3.8) is 0 Å². The number of halogens is 1. The van der Waals surface area contributed by atoms with Gasteiger partial charge in [-0.25, -0.2) is 0 Å². The van der Waals surface area contributed by atoms with E-state index < -0.39 is 23.4 Å². The number of fused-ring (bicyclic) bond motifs is 1. The van der Waals surface area contributed by atoms with Crippen LogP contribution >= 0.6 is 12.4 Å². The Kier molecular flexibility index (Phi) is 2.49. The van der Waals surface area contributed by atoms with Gasteiger partial charge in [-0.15, -0.1) is 12.4 Å². The molecule has 0 aliphatic heterocycles. The summed E-state index contributed by atoms with van der Waals surface area (Å²) in [5.41, 5.74) is 4.36. The number of nitrogens with two attached hydrogens (primary N) is 1. The standard InChI is InChI=1S/C8H11NO4.ClH/c9-8(7(12)13)4-2-1-3(5(4)8)6(10)11;/h3-5H,1-2,9H2,(H,10,11)(H,12,13);1H/t3-,4-,5+,8-;/m0./s1. The summed E-state index contributed by atoms with van der Waals surface area (Å²) in [5, 5.41) is 17.6. The van der Waals surface area contributed by atoms with Gasteiger partial charge in [0, 0.05) is 5.92 Å². The fourth-order valence-corrected chi connectivity index (χ4v) is 2.66. The first-order chi connectivity index (χ1) is 5.99. The van der Waals surface area contributed by atoms with Crippen LogP contribution in [0.5, 0.6) is 0 Å². The number of aliphatic carboxylic acids is 2. The molecular weight excluding hydrogens is 210 g/mol. The maximum absolute atomic E-state index is 10.7. The molecule has 6 heteroatoms. The number of hydrogen-bond donors (Lipinski definition) is 3. The molecule has 2 rings (SSSR count). The summed E-state index contributed by atoms with van der Waals surface area (Å²) in [7, 11) is 0. The average molecular weight is 222 g/mol. The molecule has 5 nitrogen and oxygen atoms in total. The minimum Gasteiger partial charge on any atom is -0.481 e. The quantitative estimate of drug-likeness (QED) is 0.606. The van der Waals surface area contributed by atoms with Gasteiger partial charge in [0.05, 0.1) is 5.92 Å². The molecular formula is C8H12ClNO4. The van der Waals surface area contributed by atoms with Crippen molar-refractivity contribution in [2.24, 2.45) is 23.5 Å². The second-order valence-corrected chi connectivity index (χ2v) is 3.89. The van der Waals surface area contributed by atoms with Gasteiger partial charge in [-0.05, 0) is 18.8 Å². The zero-order valence-corrected chi connectivity index (χ0v) is 8.16. The van der Waals surface area contributed by atoms with E-state index in [1.54, 1.807) is 0 Å². The normalized spacial score (nSPS) is 43.6. The van der Waals surface area contributed by atoms with Crippen molar-refractivity contribution in [3.8, 4) is 0 Å². The highest BCUT2D eigenvalue weighted by Crippen LogP contribution is 2.61. The van der Waals surface area contributed by atoms with Crippen LogP contribution in [0.3, 0.4) is 0 Å². The van der Waals surface area contributed by atoms with Gasteiger partial charge in [0.25, 0.3) is 0 Å². The van der Waals surface area contributed by atoms with Crippen LogP contribution in [-0.2, 0) is 9.59 Å². The van der Waals surface area contributed by atoms with Crippen molar-refractivity contribution in [2.75, 3.05) is 0 Å². The van der Waals surface area contributed by atoms with E-state index in [-0.39, 0.29) is 24.2 Å². The van der Waals surface area contributed by atoms with E-state index in [4.69, 9.17) is 15.9 Å². The molecule has 0 spiro atoms. The lowest BCUT2D eigenvalue weighted by Crippen LogP contribution is -2.40. The first-order valence-corrected chi connectivity index (χ1v) is 4.24. The van der Waals surface area contributed by atoms with E-state index in [9.17, 15) is 9.59 Å². The summed E-state index contributed by atoms with van der Waals surface area (Å²) in [6.45, 7) is 0. The highest BCUT2D eigenvalue weighted by Gasteiger charge is 2.73. The third kappa shape index (κ3) is 1.12. The van der Waals surface area contributed by atoms with Crippen molar-refractivity contribution in [1.82, 2.24) is 0 Å². The molecule has 0 heterocycles. The lowest BCUT2D eigenvalue weighted by molar-refractivity contribution is -0.144. The van der Waals surface area contributed by atoms with Crippen LogP contribution in [0.4, 0.5) is 0 Å². The second-order valence-electron chi connectivity index (χ2n) is 3.89. The summed E-state index contributed by atoms with van der Waals surface area (Å²) in [4.78, 5) is 21.4. The molecule has 0 amide bonds. The highest BCUT2D eigenvalue weighted by atomic mass is 35.5. The fraction of sp³-hybridized carbons (Fsp3) is 0.750. The van der Waals surface area contributed by atoms with Crippen LogP contribution < -0.4 is 5.73 Å². The predicted molar refractivity (Wildman–Crippen MR) is 49.1 cm³/mol. The molecule has 4 N–H and O–H groups in total. The summed E-state index contributed by atoms with van der Waals surface area (Å²) >= 11 is 0. The Bertz CT molecular complexity index is 295. The van der Waals surface area contributed by atoms with Crippen LogP contribution in [0.25, 0.3) is 0 Å². The van der Waals surface area contributed by atoms with E-state index in [1.807, 2.05) is 0 Å². The molecule has 4 atom stereocenters. The van der Waals surface area contributed by atoms with Gasteiger partial charge < -0.3 is 15.9 Å². The largest absolute Gasteiger partial charge is 0.481 e. The first-order valence-electron chi connectivity index (χ1n) is 4.24. The summed E-state index contributed by atoms with van der Waals surface area (Å²) in [6, 6.07) is 0. The molecule has 0 aromatic heterocycles. The molecule has 2 fully saturated rings. The maximum Gasteiger partial charge on any atom is 0.324 e. The van der Waals surface area contributed by atoms with Gasteiger partial charge in [0.1, 0.15) is 5.54 Å². The SMILES string of the molecule is Cl.N[C@]1(C(=O)O)[C@@H]2[C@@H](C(=O)O)CC[C@@H]21. The Morgan fingerprint density at radius 1 is 1.29 bits per heavy atom. The fourth-order valence-electron chi connectivity index (χ4n) is 2.66. The Balaban J connectivity index is 0.000000980. The van der Waals surface area contributed by atoms with E-state index in [0.717, 1.165) is 0 Å². The van der Waals surface area contributed by atoms with E-state index >= 15 is 0 Å². The molecule has 2 aliphatic carbocycles. The summed E-state index contributed by atoms with van der Waals surface area (Å²) < 4.78 is 0. The van der Waals surface area contributed by atoms with E-state index in [1.165, 1.54) is 0 Å². The zero-order chi connectivity index (χ0) is 9.80. The number of carboxylic acid groups (broad SMARTS) is 2.